The van der Waals surface area contributed by atoms with Crippen molar-refractivity contribution in [2.75, 3.05) is 5.32 Å². The van der Waals surface area contributed by atoms with Crippen LogP contribution in [0.4, 0.5) is 14.5 Å². The van der Waals surface area contributed by atoms with E-state index in [1.165, 1.54) is 0 Å². The molecule has 0 aliphatic rings. The predicted molar refractivity (Wildman–Crippen MR) is 135 cm³/mol. The Balaban J connectivity index is 2.06. The Morgan fingerprint density at radius 3 is 1.88 bits per heavy atom. The van der Waals surface area contributed by atoms with E-state index in [9.17, 15) is 4.39 Å². The highest BCUT2D eigenvalue weighted by Crippen LogP contribution is 2.33. The molecule has 2 aromatic rings. The molecule has 0 spiro atoms. The number of hydrogen-bond donors (Lipinski definition) is 1. The van der Waals surface area contributed by atoms with Crippen molar-refractivity contribution >= 4 is 5.69 Å². The highest BCUT2D eigenvalue weighted by atomic mass is 19.1. The first-order chi connectivity index (χ1) is 15.0. The van der Waals surface area contributed by atoms with Crippen molar-refractivity contribution in [3.05, 3.63) is 76.0 Å². The zero-order valence-corrected chi connectivity index (χ0v) is 21.0. The first-order valence-corrected chi connectivity index (χ1v) is 12.1. The molecular formula is C29H41F2N. The van der Waals surface area contributed by atoms with Crippen LogP contribution in [0.3, 0.4) is 0 Å². The van der Waals surface area contributed by atoms with Crippen LogP contribution in [0, 0.1) is 38.3 Å². The predicted octanol–water partition coefficient (Wildman–Crippen LogP) is 9.33. The minimum Gasteiger partial charge on any atom is -0.359 e. The Morgan fingerprint density at radius 2 is 1.31 bits per heavy atom. The van der Waals surface area contributed by atoms with Crippen LogP contribution in [0.25, 0.3) is 0 Å². The lowest BCUT2D eigenvalue weighted by molar-refractivity contribution is 0.520. The summed E-state index contributed by atoms with van der Waals surface area (Å²) in [6.07, 6.45) is 5.02. The summed E-state index contributed by atoms with van der Waals surface area (Å²) in [6.45, 7) is 18.6. The molecule has 176 valence electrons. The van der Waals surface area contributed by atoms with Gasteiger partial charge < -0.3 is 5.32 Å². The largest absolute Gasteiger partial charge is 0.359 e. The van der Waals surface area contributed by atoms with Crippen molar-refractivity contribution in [2.24, 2.45) is 5.92 Å². The molecule has 0 aromatic heterocycles. The fraction of sp³-hybridized carbons (Fsp3) is 0.517. The number of aryl methyl sites for hydroxylation is 3. The van der Waals surface area contributed by atoms with Gasteiger partial charge in [-0.1, -0.05) is 59.2 Å². The summed E-state index contributed by atoms with van der Waals surface area (Å²) in [5, 5.41) is 3.34. The minimum absolute atomic E-state index is 0.0616. The lowest BCUT2D eigenvalue weighted by Crippen LogP contribution is -2.10. The van der Waals surface area contributed by atoms with Crippen LogP contribution in [-0.4, -0.2) is 0 Å². The molecule has 1 unspecified atom stereocenters. The van der Waals surface area contributed by atoms with Gasteiger partial charge in [0.05, 0.1) is 0 Å². The highest BCUT2D eigenvalue weighted by molar-refractivity contribution is 5.56. The van der Waals surface area contributed by atoms with Gasteiger partial charge in [-0.3, -0.25) is 0 Å². The lowest BCUT2D eigenvalue weighted by Gasteiger charge is -2.21. The number of benzene rings is 2. The smallest absolute Gasteiger partial charge is 0.128 e. The molecule has 3 heteroatoms. The fourth-order valence-electron chi connectivity index (χ4n) is 4.19. The van der Waals surface area contributed by atoms with E-state index in [1.807, 2.05) is 32.9 Å². The zero-order chi connectivity index (χ0) is 24.0. The van der Waals surface area contributed by atoms with E-state index < -0.39 is 0 Å². The van der Waals surface area contributed by atoms with E-state index in [4.69, 9.17) is 0 Å². The molecule has 0 saturated carbocycles. The number of hydrogen-bond acceptors (Lipinski definition) is 1. The third-order valence-corrected chi connectivity index (χ3v) is 6.93. The molecule has 1 N–H and O–H groups in total. The van der Waals surface area contributed by atoms with E-state index in [-0.39, 0.29) is 23.5 Å². The van der Waals surface area contributed by atoms with E-state index in [1.54, 1.807) is 12.1 Å². The van der Waals surface area contributed by atoms with Gasteiger partial charge in [-0.2, -0.15) is 0 Å². The average molecular weight is 442 g/mol. The molecule has 3 atom stereocenters. The quantitative estimate of drug-likeness (QED) is 0.366. The summed E-state index contributed by atoms with van der Waals surface area (Å²) in [5.41, 5.74) is 6.31. The summed E-state index contributed by atoms with van der Waals surface area (Å²) in [6, 6.07) is 7.13. The molecule has 0 aliphatic carbocycles. The second-order valence-corrected chi connectivity index (χ2v) is 9.72. The van der Waals surface area contributed by atoms with E-state index in [0.29, 0.717) is 5.92 Å². The zero-order valence-electron chi connectivity index (χ0n) is 21.0. The van der Waals surface area contributed by atoms with Crippen molar-refractivity contribution in [1.29, 1.82) is 0 Å². The molecule has 2 aromatic carbocycles. The van der Waals surface area contributed by atoms with E-state index in [2.05, 4.69) is 39.6 Å². The Hall–Kier alpha value is -2.16. The van der Waals surface area contributed by atoms with Crippen LogP contribution in [-0.2, 0) is 0 Å². The van der Waals surface area contributed by atoms with Crippen LogP contribution >= 0.6 is 0 Å². The van der Waals surface area contributed by atoms with Crippen molar-refractivity contribution in [2.45, 2.75) is 92.4 Å². The molecule has 0 fully saturated rings. The topological polar surface area (TPSA) is 12.0 Å². The Morgan fingerprint density at radius 1 is 0.812 bits per heavy atom. The van der Waals surface area contributed by atoms with Crippen LogP contribution < -0.4 is 5.32 Å². The molecule has 0 amide bonds. The maximum Gasteiger partial charge on any atom is 0.128 e. The Labute approximate surface area is 194 Å². The average Bonchev–Trinajstić information content (AvgIpc) is 2.74. The molecule has 2 rings (SSSR count). The van der Waals surface area contributed by atoms with Crippen LogP contribution in [0.2, 0.25) is 0 Å². The molecular weight excluding hydrogens is 400 g/mol. The van der Waals surface area contributed by atoms with Gasteiger partial charge in [-0.15, -0.1) is 0 Å². The Bertz CT molecular complexity index is 931. The van der Waals surface area contributed by atoms with Crippen LogP contribution in [0.1, 0.15) is 99.5 Å². The summed E-state index contributed by atoms with van der Waals surface area (Å²) in [7, 11) is 0. The van der Waals surface area contributed by atoms with Gasteiger partial charge >= 0.3 is 0 Å². The molecule has 0 aliphatic heterocycles. The second-order valence-electron chi connectivity index (χ2n) is 9.72. The number of unbranched alkanes of at least 4 members (excludes halogenated alkanes) is 1. The molecule has 0 radical (unpaired) electrons. The summed E-state index contributed by atoms with van der Waals surface area (Å²) < 4.78 is 29.5. The normalized spacial score (nSPS) is 14.2. The van der Waals surface area contributed by atoms with Crippen LogP contribution in [0.15, 0.2) is 36.5 Å². The van der Waals surface area contributed by atoms with Gasteiger partial charge in [0, 0.05) is 11.4 Å². The van der Waals surface area contributed by atoms with Crippen molar-refractivity contribution in [1.82, 2.24) is 0 Å². The van der Waals surface area contributed by atoms with Gasteiger partial charge in [0.25, 0.3) is 0 Å². The fourth-order valence-corrected chi connectivity index (χ4v) is 4.19. The maximum atomic E-state index is 15.0. The monoisotopic (exact) mass is 441 g/mol. The molecule has 0 bridgehead atoms. The lowest BCUT2D eigenvalue weighted by atomic mass is 9.87. The molecule has 32 heavy (non-hydrogen) atoms. The second kappa shape index (κ2) is 11.6. The molecule has 0 saturated heterocycles. The number of rotatable bonds is 11. The minimum atomic E-state index is -0.190. The molecule has 1 nitrogen and oxygen atoms in total. The number of anilines is 1. The van der Waals surface area contributed by atoms with Crippen LogP contribution in [0.5, 0.6) is 0 Å². The SMILES string of the molecule is C=C(Nc1cc(F)c(C(C)CC[C@@H](C)c2cc(C)c(C)cc2F)cc1C)[C@@H](C)CCCC. The van der Waals surface area contributed by atoms with E-state index >= 15 is 4.39 Å². The van der Waals surface area contributed by atoms with Crippen molar-refractivity contribution in [3.63, 3.8) is 0 Å². The van der Waals surface area contributed by atoms with Gasteiger partial charge in [0.2, 0.25) is 0 Å². The van der Waals surface area contributed by atoms with E-state index in [0.717, 1.165) is 71.3 Å². The first-order valence-electron chi connectivity index (χ1n) is 12.1. The number of nitrogens with one attached hydrogen (secondary N) is 1. The number of allylic oxidation sites excluding steroid dienone is 1. The number of halogens is 2. The van der Waals surface area contributed by atoms with Gasteiger partial charge in [-0.05, 0) is 97.7 Å². The van der Waals surface area contributed by atoms with Gasteiger partial charge in [0.15, 0.2) is 0 Å². The maximum absolute atomic E-state index is 15.0. The summed E-state index contributed by atoms with van der Waals surface area (Å²) >= 11 is 0. The third kappa shape index (κ3) is 6.67. The first kappa shape index (κ1) is 26.1. The summed E-state index contributed by atoms with van der Waals surface area (Å²) in [5.74, 6) is 0.174. The standard InChI is InChI=1S/C29H41F2N/c1-9-10-11-18(2)24(8)32-29-17-28(31)26(15-23(29)7)20(4)13-12-19(3)25-14-21(5)22(6)16-27(25)30/h14-20,32H,8-13H2,1-7H3/t18-,19+,20?/m0/s1. The van der Waals surface area contributed by atoms with Gasteiger partial charge in [0.1, 0.15) is 11.6 Å². The highest BCUT2D eigenvalue weighted by Gasteiger charge is 2.18. The molecule has 0 heterocycles. The van der Waals surface area contributed by atoms with Gasteiger partial charge in [-0.25, -0.2) is 8.78 Å². The van der Waals surface area contributed by atoms with Crippen molar-refractivity contribution in [3.8, 4) is 0 Å². The van der Waals surface area contributed by atoms with Crippen molar-refractivity contribution < 1.29 is 8.78 Å². The Kier molecular flexibility index (Phi) is 9.48. The summed E-state index contributed by atoms with van der Waals surface area (Å²) in [4.78, 5) is 0. The third-order valence-electron chi connectivity index (χ3n) is 6.93.